The summed E-state index contributed by atoms with van der Waals surface area (Å²) in [6, 6.07) is 15.6. The Bertz CT molecular complexity index is 1010. The molecule has 0 unspecified atom stereocenters. The fourth-order valence-corrected chi connectivity index (χ4v) is 3.13. The molecule has 0 saturated heterocycles. The molecule has 1 amide bonds. The number of aryl methyl sites for hydroxylation is 3. The fourth-order valence-electron chi connectivity index (χ4n) is 3.13. The monoisotopic (exact) mass is 406 g/mol. The van der Waals surface area contributed by atoms with Gasteiger partial charge in [-0.15, -0.1) is 0 Å². The molecule has 0 N–H and O–H groups in total. The first kappa shape index (κ1) is 21.3. The molecule has 1 heterocycles. The summed E-state index contributed by atoms with van der Waals surface area (Å²) in [5.74, 6) is 0.409. The Morgan fingerprint density at radius 1 is 1.07 bits per heavy atom. The first-order chi connectivity index (χ1) is 14.5. The van der Waals surface area contributed by atoms with Gasteiger partial charge in [0.1, 0.15) is 0 Å². The van der Waals surface area contributed by atoms with Gasteiger partial charge in [0.05, 0.1) is 12.6 Å². The van der Waals surface area contributed by atoms with Crippen LogP contribution < -0.4 is 4.90 Å². The predicted molar refractivity (Wildman–Crippen MR) is 115 cm³/mol. The van der Waals surface area contributed by atoms with Gasteiger partial charge in [-0.25, -0.2) is 4.98 Å². The highest BCUT2D eigenvalue weighted by molar-refractivity contribution is 5.95. The van der Waals surface area contributed by atoms with Crippen molar-refractivity contribution in [3.63, 3.8) is 0 Å². The molecule has 0 saturated carbocycles. The molecule has 0 radical (unpaired) electrons. The van der Waals surface area contributed by atoms with Crippen LogP contribution in [-0.2, 0) is 20.7 Å². The van der Waals surface area contributed by atoms with Crippen molar-refractivity contribution in [3.05, 3.63) is 71.7 Å². The summed E-state index contributed by atoms with van der Waals surface area (Å²) in [5, 5.41) is 0. The van der Waals surface area contributed by atoms with E-state index in [2.05, 4.69) is 4.98 Å². The number of rotatable bonds is 8. The maximum Gasteiger partial charge on any atom is 0.306 e. The number of carbonyl (C=O) groups excluding carboxylic acids is 2. The summed E-state index contributed by atoms with van der Waals surface area (Å²) < 4.78 is 10.9. The van der Waals surface area contributed by atoms with Crippen LogP contribution in [0.3, 0.4) is 0 Å². The van der Waals surface area contributed by atoms with E-state index in [1.165, 1.54) is 5.56 Å². The molecule has 2 aromatic carbocycles. The fraction of sp³-hybridized carbons (Fsp3) is 0.292. The highest BCUT2D eigenvalue weighted by Gasteiger charge is 2.18. The third kappa shape index (κ3) is 5.35. The molecule has 30 heavy (non-hydrogen) atoms. The lowest BCUT2D eigenvalue weighted by Gasteiger charge is -2.22. The Hall–Kier alpha value is -3.41. The first-order valence-electron chi connectivity index (χ1n) is 10.0. The number of para-hydroxylation sites is 1. The van der Waals surface area contributed by atoms with Crippen LogP contribution in [-0.4, -0.2) is 30.0 Å². The zero-order valence-corrected chi connectivity index (χ0v) is 17.6. The summed E-state index contributed by atoms with van der Waals surface area (Å²) >= 11 is 0. The van der Waals surface area contributed by atoms with E-state index in [0.717, 1.165) is 16.8 Å². The van der Waals surface area contributed by atoms with Gasteiger partial charge in [0.25, 0.3) is 5.91 Å². The second kappa shape index (κ2) is 9.87. The molecule has 0 fully saturated rings. The topological polar surface area (TPSA) is 72.6 Å². The molecular formula is C24H26N2O4. The van der Waals surface area contributed by atoms with Crippen LogP contribution in [0.2, 0.25) is 0 Å². The number of benzene rings is 2. The summed E-state index contributed by atoms with van der Waals surface area (Å²) in [6.07, 6.45) is 2.06. The van der Waals surface area contributed by atoms with E-state index in [1.54, 1.807) is 11.1 Å². The molecule has 3 rings (SSSR count). The van der Waals surface area contributed by atoms with Crippen LogP contribution in [0, 0.1) is 13.8 Å². The normalized spacial score (nSPS) is 10.6. The van der Waals surface area contributed by atoms with Gasteiger partial charge in [0.15, 0.2) is 18.3 Å². The number of ether oxygens (including phenoxy) is 1. The van der Waals surface area contributed by atoms with Gasteiger partial charge in [-0.05, 0) is 32.4 Å². The van der Waals surface area contributed by atoms with Gasteiger partial charge >= 0.3 is 5.97 Å². The lowest BCUT2D eigenvalue weighted by molar-refractivity contribution is -0.147. The van der Waals surface area contributed by atoms with E-state index in [0.29, 0.717) is 24.6 Å². The number of likely N-dealkylation sites (N-methyl/N-ethyl adjacent to an activating group) is 1. The number of hydrogen-bond acceptors (Lipinski definition) is 5. The molecule has 1 aromatic heterocycles. The Kier molecular flexibility index (Phi) is 7.01. The Morgan fingerprint density at radius 2 is 1.80 bits per heavy atom. The van der Waals surface area contributed by atoms with E-state index in [-0.39, 0.29) is 18.9 Å². The van der Waals surface area contributed by atoms with Crippen molar-refractivity contribution in [2.75, 3.05) is 18.1 Å². The third-order valence-corrected chi connectivity index (χ3v) is 4.81. The minimum atomic E-state index is -0.459. The SMILES string of the molecule is CCN(C(=O)COC(=O)CCc1ncc(-c2ccc(C)cc2)o1)c1ccccc1C. The number of esters is 1. The number of carbonyl (C=O) groups is 2. The number of anilines is 1. The zero-order valence-electron chi connectivity index (χ0n) is 17.6. The summed E-state index contributed by atoms with van der Waals surface area (Å²) in [5.41, 5.74) is 3.92. The number of hydrogen-bond donors (Lipinski definition) is 0. The highest BCUT2D eigenvalue weighted by Crippen LogP contribution is 2.22. The molecule has 6 heteroatoms. The van der Waals surface area contributed by atoms with Crippen molar-refractivity contribution in [1.29, 1.82) is 0 Å². The molecule has 0 atom stereocenters. The molecular weight excluding hydrogens is 380 g/mol. The van der Waals surface area contributed by atoms with Crippen LogP contribution in [0.4, 0.5) is 5.69 Å². The zero-order chi connectivity index (χ0) is 21.5. The average molecular weight is 406 g/mol. The van der Waals surface area contributed by atoms with Crippen LogP contribution in [0.25, 0.3) is 11.3 Å². The molecule has 0 aliphatic rings. The average Bonchev–Trinajstić information content (AvgIpc) is 3.22. The molecule has 0 spiro atoms. The van der Waals surface area contributed by atoms with Gasteiger partial charge in [-0.3, -0.25) is 9.59 Å². The number of oxazole rings is 1. The van der Waals surface area contributed by atoms with E-state index >= 15 is 0 Å². The molecule has 156 valence electrons. The smallest absolute Gasteiger partial charge is 0.306 e. The Balaban J connectivity index is 1.49. The highest BCUT2D eigenvalue weighted by atomic mass is 16.5. The molecule has 3 aromatic rings. The van der Waals surface area contributed by atoms with Crippen LogP contribution in [0.15, 0.2) is 59.1 Å². The summed E-state index contributed by atoms with van der Waals surface area (Å²) in [7, 11) is 0. The van der Waals surface area contributed by atoms with Gasteiger partial charge in [0.2, 0.25) is 0 Å². The minimum Gasteiger partial charge on any atom is -0.456 e. The molecule has 0 aliphatic heterocycles. The summed E-state index contributed by atoms with van der Waals surface area (Å²) in [6.45, 7) is 6.06. The number of amides is 1. The van der Waals surface area contributed by atoms with Crippen molar-refractivity contribution < 1.29 is 18.7 Å². The lowest BCUT2D eigenvalue weighted by Crippen LogP contribution is -2.35. The lowest BCUT2D eigenvalue weighted by atomic mass is 10.1. The third-order valence-electron chi connectivity index (χ3n) is 4.81. The van der Waals surface area contributed by atoms with Crippen molar-refractivity contribution in [3.8, 4) is 11.3 Å². The van der Waals surface area contributed by atoms with Crippen LogP contribution in [0.1, 0.15) is 30.4 Å². The quantitative estimate of drug-likeness (QED) is 0.516. The van der Waals surface area contributed by atoms with E-state index in [4.69, 9.17) is 9.15 Å². The summed E-state index contributed by atoms with van der Waals surface area (Å²) in [4.78, 5) is 30.4. The molecule has 0 bridgehead atoms. The van der Waals surface area contributed by atoms with Crippen molar-refractivity contribution in [2.45, 2.75) is 33.6 Å². The van der Waals surface area contributed by atoms with Crippen LogP contribution in [0.5, 0.6) is 0 Å². The molecule has 0 aliphatic carbocycles. The number of aromatic nitrogens is 1. The number of nitrogens with zero attached hydrogens (tertiary/aromatic N) is 2. The first-order valence-corrected chi connectivity index (χ1v) is 10.0. The second-order valence-electron chi connectivity index (χ2n) is 7.07. The minimum absolute atomic E-state index is 0.0949. The van der Waals surface area contributed by atoms with Gasteiger partial charge in [-0.1, -0.05) is 48.0 Å². The maximum atomic E-state index is 12.5. The van der Waals surface area contributed by atoms with Crippen molar-refractivity contribution >= 4 is 17.6 Å². The van der Waals surface area contributed by atoms with Crippen LogP contribution >= 0.6 is 0 Å². The van der Waals surface area contributed by atoms with Gasteiger partial charge < -0.3 is 14.1 Å². The maximum absolute atomic E-state index is 12.5. The van der Waals surface area contributed by atoms with Gasteiger partial charge in [-0.2, -0.15) is 0 Å². The van der Waals surface area contributed by atoms with Crippen molar-refractivity contribution in [2.24, 2.45) is 0 Å². The van der Waals surface area contributed by atoms with E-state index < -0.39 is 5.97 Å². The second-order valence-corrected chi connectivity index (χ2v) is 7.07. The van der Waals surface area contributed by atoms with Gasteiger partial charge in [0, 0.05) is 24.2 Å². The van der Waals surface area contributed by atoms with Crippen molar-refractivity contribution in [1.82, 2.24) is 4.98 Å². The van der Waals surface area contributed by atoms with E-state index in [9.17, 15) is 9.59 Å². The Morgan fingerprint density at radius 3 is 2.50 bits per heavy atom. The largest absolute Gasteiger partial charge is 0.456 e. The standard InChI is InChI=1S/C24H26N2O4/c1-4-26(20-8-6-5-7-18(20)3)23(27)16-29-24(28)14-13-22-25-15-21(30-22)19-11-9-17(2)10-12-19/h5-12,15H,4,13-14,16H2,1-3H3. The predicted octanol–water partition coefficient (Wildman–Crippen LogP) is 4.49. The molecule has 6 nitrogen and oxygen atoms in total. The Labute approximate surface area is 176 Å². The van der Waals surface area contributed by atoms with E-state index in [1.807, 2.05) is 69.3 Å².